The molecule has 8 heteroatoms. The van der Waals surface area contributed by atoms with Gasteiger partial charge >= 0.3 is 5.97 Å². The lowest BCUT2D eigenvalue weighted by molar-refractivity contribution is 0.0696. The van der Waals surface area contributed by atoms with E-state index in [1.54, 1.807) is 6.92 Å². The molecule has 0 fully saturated rings. The van der Waals surface area contributed by atoms with Gasteiger partial charge in [0.25, 0.3) is 0 Å². The van der Waals surface area contributed by atoms with Crippen LogP contribution in [0.4, 0.5) is 0 Å². The number of carbonyl (C=O) groups is 1. The van der Waals surface area contributed by atoms with Crippen LogP contribution in [0.5, 0.6) is 0 Å². The average molecular weight is 317 g/mol. The van der Waals surface area contributed by atoms with Crippen molar-refractivity contribution in [2.75, 3.05) is 6.54 Å². The molecule has 1 atom stereocenters. The van der Waals surface area contributed by atoms with E-state index >= 15 is 0 Å². The number of rotatable bonds is 5. The number of carboxylic acids is 1. The predicted molar refractivity (Wildman–Crippen MR) is 73.1 cm³/mol. The molecule has 0 aliphatic heterocycles. The summed E-state index contributed by atoms with van der Waals surface area (Å²) < 4.78 is 26.5. The second kappa shape index (κ2) is 6.22. The Bertz CT molecular complexity index is 679. The molecule has 2 N–H and O–H groups in total. The first-order valence-corrected chi connectivity index (χ1v) is 7.48. The molecule has 0 saturated heterocycles. The van der Waals surface area contributed by atoms with E-state index in [4.69, 9.17) is 22.0 Å². The number of benzene rings is 1. The van der Waals surface area contributed by atoms with Gasteiger partial charge in [-0.3, -0.25) is 0 Å². The maximum absolute atomic E-state index is 12.1. The van der Waals surface area contributed by atoms with Gasteiger partial charge < -0.3 is 5.11 Å². The number of halogens is 1. The minimum atomic E-state index is -3.92. The van der Waals surface area contributed by atoms with Crippen molar-refractivity contribution in [1.29, 1.82) is 5.26 Å². The highest BCUT2D eigenvalue weighted by Crippen LogP contribution is 2.24. The van der Waals surface area contributed by atoms with E-state index in [1.807, 2.05) is 6.07 Å². The third-order valence-electron chi connectivity index (χ3n) is 2.64. The lowest BCUT2D eigenvalue weighted by Gasteiger charge is -2.12. The Balaban J connectivity index is 3.26. The number of carboxylic acid groups (broad SMARTS) is 1. The minimum Gasteiger partial charge on any atom is -0.478 e. The zero-order valence-corrected chi connectivity index (χ0v) is 12.4. The van der Waals surface area contributed by atoms with Gasteiger partial charge in [-0.1, -0.05) is 11.6 Å². The highest BCUT2D eigenvalue weighted by atomic mass is 35.5. The van der Waals surface area contributed by atoms with Crippen LogP contribution >= 0.6 is 11.6 Å². The third-order valence-corrected chi connectivity index (χ3v) is 4.41. The SMILES string of the molecule is Cc1c(C(=O)O)cc(Cl)cc1S(=O)(=O)NCC(C)C#N. The summed E-state index contributed by atoms with van der Waals surface area (Å²) in [5.74, 6) is -1.75. The van der Waals surface area contributed by atoms with Crippen molar-refractivity contribution in [1.82, 2.24) is 4.72 Å². The molecule has 0 aliphatic carbocycles. The number of nitrogens with one attached hydrogen (secondary N) is 1. The van der Waals surface area contributed by atoms with Gasteiger partial charge in [0, 0.05) is 11.6 Å². The van der Waals surface area contributed by atoms with Gasteiger partial charge in [-0.05, 0) is 31.5 Å². The van der Waals surface area contributed by atoms with Crippen LogP contribution in [-0.2, 0) is 10.0 Å². The Morgan fingerprint density at radius 1 is 1.55 bits per heavy atom. The van der Waals surface area contributed by atoms with Crippen molar-refractivity contribution in [2.24, 2.45) is 5.92 Å². The van der Waals surface area contributed by atoms with Crippen molar-refractivity contribution in [2.45, 2.75) is 18.7 Å². The van der Waals surface area contributed by atoms with Gasteiger partial charge in [-0.2, -0.15) is 5.26 Å². The summed E-state index contributed by atoms with van der Waals surface area (Å²) in [6.45, 7) is 2.89. The highest BCUT2D eigenvalue weighted by molar-refractivity contribution is 7.89. The molecule has 1 unspecified atom stereocenters. The van der Waals surface area contributed by atoms with E-state index < -0.39 is 21.9 Å². The zero-order valence-electron chi connectivity index (χ0n) is 10.8. The third kappa shape index (κ3) is 3.70. The molecule has 0 amide bonds. The maximum atomic E-state index is 12.1. The van der Waals surface area contributed by atoms with Crippen LogP contribution in [0.15, 0.2) is 17.0 Å². The van der Waals surface area contributed by atoms with E-state index in [0.29, 0.717) is 0 Å². The van der Waals surface area contributed by atoms with E-state index in [2.05, 4.69) is 4.72 Å². The molecular formula is C12H13ClN2O4S. The van der Waals surface area contributed by atoms with Crippen molar-refractivity contribution >= 4 is 27.6 Å². The van der Waals surface area contributed by atoms with Gasteiger partial charge in [0.1, 0.15) is 0 Å². The highest BCUT2D eigenvalue weighted by Gasteiger charge is 2.22. The number of hydrogen-bond acceptors (Lipinski definition) is 4. The fraction of sp³-hybridized carbons (Fsp3) is 0.333. The van der Waals surface area contributed by atoms with Gasteiger partial charge in [0.15, 0.2) is 0 Å². The molecule has 0 heterocycles. The summed E-state index contributed by atoms with van der Waals surface area (Å²) >= 11 is 5.75. The molecule has 0 aromatic heterocycles. The van der Waals surface area contributed by atoms with Crippen LogP contribution in [0, 0.1) is 24.2 Å². The second-order valence-electron chi connectivity index (χ2n) is 4.26. The Kier molecular flexibility index (Phi) is 5.11. The van der Waals surface area contributed by atoms with Crippen LogP contribution in [0.3, 0.4) is 0 Å². The number of hydrogen-bond donors (Lipinski definition) is 2. The largest absolute Gasteiger partial charge is 0.478 e. The Labute approximate surface area is 122 Å². The summed E-state index contributed by atoms with van der Waals surface area (Å²) in [5.41, 5.74) is -0.0785. The van der Waals surface area contributed by atoms with Gasteiger partial charge in [-0.25, -0.2) is 17.9 Å². The quantitative estimate of drug-likeness (QED) is 0.861. The molecule has 0 radical (unpaired) electrons. The second-order valence-corrected chi connectivity index (χ2v) is 6.44. The first-order chi connectivity index (χ1) is 9.19. The smallest absolute Gasteiger partial charge is 0.336 e. The maximum Gasteiger partial charge on any atom is 0.336 e. The molecule has 1 aromatic rings. The summed E-state index contributed by atoms with van der Waals surface area (Å²) in [6, 6.07) is 4.27. The fourth-order valence-corrected chi connectivity index (χ4v) is 3.22. The van der Waals surface area contributed by atoms with E-state index in [0.717, 1.165) is 0 Å². The molecule has 6 nitrogen and oxygen atoms in total. The molecule has 1 aromatic carbocycles. The van der Waals surface area contributed by atoms with Crippen LogP contribution in [0.1, 0.15) is 22.8 Å². The summed E-state index contributed by atoms with van der Waals surface area (Å²) in [6.07, 6.45) is 0. The normalized spacial score (nSPS) is 12.7. The number of nitriles is 1. The van der Waals surface area contributed by atoms with Crippen molar-refractivity contribution in [3.63, 3.8) is 0 Å². The lowest BCUT2D eigenvalue weighted by Crippen LogP contribution is -2.29. The van der Waals surface area contributed by atoms with Crippen molar-refractivity contribution in [3.8, 4) is 6.07 Å². The van der Waals surface area contributed by atoms with E-state index in [-0.39, 0.29) is 27.6 Å². The Morgan fingerprint density at radius 2 is 2.15 bits per heavy atom. The lowest BCUT2D eigenvalue weighted by atomic mass is 10.1. The predicted octanol–water partition coefficient (Wildman–Crippen LogP) is 1.78. The molecule has 0 bridgehead atoms. The molecule has 0 saturated carbocycles. The minimum absolute atomic E-state index is 0.0155. The summed E-state index contributed by atoms with van der Waals surface area (Å²) in [4.78, 5) is 10.8. The molecular weight excluding hydrogens is 304 g/mol. The fourth-order valence-electron chi connectivity index (χ4n) is 1.51. The van der Waals surface area contributed by atoms with Gasteiger partial charge in [-0.15, -0.1) is 0 Å². The van der Waals surface area contributed by atoms with Crippen LogP contribution < -0.4 is 4.72 Å². The molecule has 20 heavy (non-hydrogen) atoms. The molecule has 1 rings (SSSR count). The van der Waals surface area contributed by atoms with Crippen LogP contribution in [0.2, 0.25) is 5.02 Å². The number of aromatic carboxylic acids is 1. The Hall–Kier alpha value is -1.62. The number of sulfonamides is 1. The number of nitrogens with zero attached hydrogens (tertiary/aromatic N) is 1. The van der Waals surface area contributed by atoms with Crippen LogP contribution in [0.25, 0.3) is 0 Å². The standard InChI is InChI=1S/C12H13ClN2O4S/c1-7(5-14)6-15-20(18,19)11-4-9(13)3-10(8(11)2)12(16)17/h3-4,7,15H,6H2,1-2H3,(H,16,17). The van der Waals surface area contributed by atoms with Crippen LogP contribution in [-0.4, -0.2) is 26.0 Å². The topological polar surface area (TPSA) is 107 Å². The monoisotopic (exact) mass is 316 g/mol. The molecule has 108 valence electrons. The summed E-state index contributed by atoms with van der Waals surface area (Å²) in [7, 11) is -3.92. The van der Waals surface area contributed by atoms with Crippen molar-refractivity contribution < 1.29 is 18.3 Å². The van der Waals surface area contributed by atoms with Gasteiger partial charge in [0.05, 0.1) is 22.4 Å². The van der Waals surface area contributed by atoms with E-state index in [9.17, 15) is 13.2 Å². The summed E-state index contributed by atoms with van der Waals surface area (Å²) in [5, 5.41) is 17.7. The first-order valence-electron chi connectivity index (χ1n) is 5.61. The zero-order chi connectivity index (χ0) is 15.5. The first kappa shape index (κ1) is 16.4. The Morgan fingerprint density at radius 3 is 2.65 bits per heavy atom. The molecule has 0 spiro atoms. The van der Waals surface area contributed by atoms with E-state index in [1.165, 1.54) is 19.1 Å². The van der Waals surface area contributed by atoms with Gasteiger partial charge in [0.2, 0.25) is 10.0 Å². The molecule has 0 aliphatic rings. The van der Waals surface area contributed by atoms with Crippen molar-refractivity contribution in [3.05, 3.63) is 28.3 Å². The average Bonchev–Trinajstić information content (AvgIpc) is 2.37.